The standard InChI is InChI=1S/C29H18NTe.C13H24O2.Ir/c1-2-7-20(8-3-1)21-13-15-22(16-14-21)23-17-18-30-27(19-23)26-11-6-10-25-24-9-4-5-12-28(24)31-29(25)26;1-5-10(6-2)12(14)9-13(15)11(7-3)8-4;/h1-10,12-19H;9-11,14H,5-8H2,1-4H3;/q-1;;/b;12-9-;. The number of aliphatic hydroxyl groups excluding tert-OH is 1. The van der Waals surface area contributed by atoms with Crippen molar-refractivity contribution in [2.24, 2.45) is 11.8 Å². The zero-order valence-corrected chi connectivity index (χ0v) is 32.2. The number of rotatable bonds is 10. The fraction of sp³-hybridized carbons (Fsp3) is 0.238. The van der Waals surface area contributed by atoms with Gasteiger partial charge in [-0.25, -0.2) is 0 Å². The van der Waals surface area contributed by atoms with Crippen LogP contribution in [0.25, 0.3) is 51.1 Å². The summed E-state index contributed by atoms with van der Waals surface area (Å²) < 4.78 is 2.97. The van der Waals surface area contributed by atoms with E-state index in [2.05, 4.69) is 103 Å². The van der Waals surface area contributed by atoms with Gasteiger partial charge < -0.3 is 5.11 Å². The van der Waals surface area contributed by atoms with E-state index in [9.17, 15) is 9.90 Å². The van der Waals surface area contributed by atoms with Crippen molar-refractivity contribution in [3.8, 4) is 33.5 Å². The zero-order chi connectivity index (χ0) is 32.5. The molecule has 6 rings (SSSR count). The molecule has 2 aromatic heterocycles. The summed E-state index contributed by atoms with van der Waals surface area (Å²) in [5.41, 5.74) is 7.04. The Kier molecular flexibility index (Phi) is 13.8. The third kappa shape index (κ3) is 8.78. The van der Waals surface area contributed by atoms with Crippen molar-refractivity contribution in [3.63, 3.8) is 0 Å². The number of carbonyl (C=O) groups is 1. The van der Waals surface area contributed by atoms with E-state index in [1.165, 1.54) is 51.5 Å². The van der Waals surface area contributed by atoms with Gasteiger partial charge in [-0.2, -0.15) is 0 Å². The summed E-state index contributed by atoms with van der Waals surface area (Å²) in [6, 6.07) is 40.1. The van der Waals surface area contributed by atoms with Crippen LogP contribution < -0.4 is 0 Å². The number of benzene rings is 4. The number of nitrogens with zero attached hydrogens (tertiary/aromatic N) is 1. The molecule has 5 heteroatoms. The van der Waals surface area contributed by atoms with Gasteiger partial charge in [0, 0.05) is 38.0 Å². The van der Waals surface area contributed by atoms with Crippen molar-refractivity contribution in [2.75, 3.05) is 0 Å². The SMILES string of the molecule is CCC(CC)C(=O)/C=C(\O)C(CC)CC.[Ir].[c-]1ccc2c([te]c3ccccc32)c1-c1cc(-c2ccc(-c3ccccc3)cc2)ccn1. The van der Waals surface area contributed by atoms with Crippen LogP contribution in [0.2, 0.25) is 0 Å². The first-order valence-electron chi connectivity index (χ1n) is 16.4. The van der Waals surface area contributed by atoms with Gasteiger partial charge in [-0.3, -0.25) is 4.79 Å². The number of allylic oxidation sites excluding steroid dienone is 2. The van der Waals surface area contributed by atoms with E-state index in [0.717, 1.165) is 31.4 Å². The fourth-order valence-electron chi connectivity index (χ4n) is 5.89. The molecule has 1 radical (unpaired) electrons. The van der Waals surface area contributed by atoms with Crippen molar-refractivity contribution >= 4 is 43.8 Å². The van der Waals surface area contributed by atoms with Crippen LogP contribution in [-0.2, 0) is 24.9 Å². The molecule has 243 valence electrons. The molecule has 0 unspecified atom stereocenters. The Bertz CT molecular complexity index is 1920. The molecule has 3 nitrogen and oxygen atoms in total. The molecule has 0 bridgehead atoms. The van der Waals surface area contributed by atoms with Gasteiger partial charge in [-0.1, -0.05) is 33.8 Å². The Hall–Kier alpha value is -3.32. The second-order valence-corrected chi connectivity index (χ2v) is 14.6. The van der Waals surface area contributed by atoms with Gasteiger partial charge in [-0.15, -0.1) is 0 Å². The first kappa shape index (κ1) is 36.5. The number of hydrogen-bond acceptors (Lipinski definition) is 3. The molecule has 0 spiro atoms. The second kappa shape index (κ2) is 17.7. The van der Waals surface area contributed by atoms with Gasteiger partial charge in [-0.05, 0) is 25.7 Å². The predicted octanol–water partition coefficient (Wildman–Crippen LogP) is 11.1. The molecular formula is C42H42IrNO2Te-. The summed E-state index contributed by atoms with van der Waals surface area (Å²) in [7, 11) is 0. The van der Waals surface area contributed by atoms with Crippen molar-refractivity contribution < 1.29 is 30.0 Å². The molecule has 0 aliphatic carbocycles. The molecule has 0 fully saturated rings. The monoisotopic (exact) mass is 915 g/mol. The van der Waals surface area contributed by atoms with Gasteiger partial charge in [0.25, 0.3) is 0 Å². The molecule has 0 aliphatic heterocycles. The Balaban J connectivity index is 0.000000269. The normalized spacial score (nSPS) is 11.4. The Morgan fingerprint density at radius 3 is 2.00 bits per heavy atom. The van der Waals surface area contributed by atoms with Crippen LogP contribution in [0.3, 0.4) is 0 Å². The molecule has 2 heterocycles. The minimum absolute atomic E-state index is 0. The third-order valence-electron chi connectivity index (χ3n) is 8.76. The molecule has 0 saturated carbocycles. The number of carbonyl (C=O) groups excluding carboxylic acids is 1. The van der Waals surface area contributed by atoms with E-state index in [4.69, 9.17) is 4.98 Å². The number of aromatic nitrogens is 1. The second-order valence-electron chi connectivity index (χ2n) is 11.6. The first-order valence-corrected chi connectivity index (χ1v) is 18.7. The third-order valence-corrected chi connectivity index (χ3v) is 12.2. The zero-order valence-electron chi connectivity index (χ0n) is 27.5. The molecule has 0 saturated heterocycles. The van der Waals surface area contributed by atoms with Crippen molar-refractivity contribution in [3.05, 3.63) is 127 Å². The molecule has 0 amide bonds. The van der Waals surface area contributed by atoms with Crippen LogP contribution in [0.15, 0.2) is 121 Å². The average Bonchev–Trinajstić information content (AvgIpc) is 3.49. The molecule has 47 heavy (non-hydrogen) atoms. The molecule has 4 aromatic carbocycles. The molecular weight excluding hydrogens is 870 g/mol. The van der Waals surface area contributed by atoms with Crippen molar-refractivity contribution in [2.45, 2.75) is 53.4 Å². The number of fused-ring (bicyclic) bond motifs is 3. The minimum atomic E-state index is -0.421. The van der Waals surface area contributed by atoms with Gasteiger partial charge >= 0.3 is 186 Å². The fourth-order valence-corrected chi connectivity index (χ4v) is 9.34. The van der Waals surface area contributed by atoms with E-state index in [1.54, 1.807) is 0 Å². The van der Waals surface area contributed by atoms with Gasteiger partial charge in [0.2, 0.25) is 0 Å². The van der Waals surface area contributed by atoms with Gasteiger partial charge in [0.1, 0.15) is 0 Å². The van der Waals surface area contributed by atoms with Crippen LogP contribution in [-0.4, -0.2) is 36.3 Å². The summed E-state index contributed by atoms with van der Waals surface area (Å²) in [5.74, 6) is 0.547. The first-order chi connectivity index (χ1) is 22.5. The number of ketones is 1. The molecule has 1 N–H and O–H groups in total. The topological polar surface area (TPSA) is 50.2 Å². The maximum absolute atomic E-state index is 11.7. The summed E-state index contributed by atoms with van der Waals surface area (Å²) >= 11 is -0.421. The Morgan fingerprint density at radius 1 is 0.745 bits per heavy atom. The predicted molar refractivity (Wildman–Crippen MR) is 195 cm³/mol. The van der Waals surface area contributed by atoms with Crippen LogP contribution in [0.4, 0.5) is 0 Å². The van der Waals surface area contributed by atoms with Crippen LogP contribution in [0.1, 0.15) is 53.4 Å². The van der Waals surface area contributed by atoms with Crippen LogP contribution >= 0.6 is 0 Å². The molecule has 0 atom stereocenters. The van der Waals surface area contributed by atoms with E-state index < -0.39 is 20.4 Å². The van der Waals surface area contributed by atoms with E-state index in [1.807, 2.05) is 40.0 Å². The summed E-state index contributed by atoms with van der Waals surface area (Å²) in [5, 5.41) is 12.5. The number of pyridine rings is 1. The van der Waals surface area contributed by atoms with E-state index in [-0.39, 0.29) is 43.5 Å². The van der Waals surface area contributed by atoms with Crippen LogP contribution in [0, 0.1) is 17.9 Å². The summed E-state index contributed by atoms with van der Waals surface area (Å²) in [6.45, 7) is 8.07. The molecule has 0 aliphatic rings. The number of aliphatic hydroxyl groups is 1. The quantitative estimate of drug-likeness (QED) is 0.0645. The summed E-state index contributed by atoms with van der Waals surface area (Å²) in [6.07, 6.45) is 6.83. The van der Waals surface area contributed by atoms with E-state index >= 15 is 0 Å². The average molecular weight is 913 g/mol. The Labute approximate surface area is 302 Å². The summed E-state index contributed by atoms with van der Waals surface area (Å²) in [4.78, 5) is 16.4. The van der Waals surface area contributed by atoms with Gasteiger partial charge in [0.15, 0.2) is 5.78 Å². The van der Waals surface area contributed by atoms with Crippen molar-refractivity contribution in [1.82, 2.24) is 4.98 Å². The number of hydrogen-bond donors (Lipinski definition) is 1. The van der Waals surface area contributed by atoms with Gasteiger partial charge in [0.05, 0.1) is 5.76 Å². The maximum atomic E-state index is 11.7. The van der Waals surface area contributed by atoms with Crippen LogP contribution in [0.5, 0.6) is 0 Å². The van der Waals surface area contributed by atoms with Crippen molar-refractivity contribution in [1.29, 1.82) is 0 Å². The Morgan fingerprint density at radius 2 is 1.34 bits per heavy atom. The van der Waals surface area contributed by atoms with E-state index in [0.29, 0.717) is 0 Å². The molecule has 6 aromatic rings.